The highest BCUT2D eigenvalue weighted by molar-refractivity contribution is 7.14. The van der Waals surface area contributed by atoms with Gasteiger partial charge in [0.1, 0.15) is 0 Å². The van der Waals surface area contributed by atoms with E-state index in [9.17, 15) is 9.59 Å². The molecule has 1 aliphatic carbocycles. The largest absolute Gasteiger partial charge is 0.493 e. The number of rotatable bonds is 8. The number of carbonyl (C=O) groups excluding carboxylic acids is 2. The first kappa shape index (κ1) is 19.2. The van der Waals surface area contributed by atoms with Gasteiger partial charge in [0.05, 0.1) is 19.9 Å². The first-order valence-corrected chi connectivity index (χ1v) is 9.65. The Morgan fingerprint density at radius 3 is 2.67 bits per heavy atom. The maximum atomic E-state index is 12.0. The van der Waals surface area contributed by atoms with Crippen molar-refractivity contribution < 1.29 is 19.1 Å². The van der Waals surface area contributed by atoms with Gasteiger partial charge in [-0.15, -0.1) is 11.3 Å². The molecule has 0 saturated heterocycles. The number of ether oxygens (including phenoxy) is 2. The summed E-state index contributed by atoms with van der Waals surface area (Å²) in [5.41, 5.74) is 1.61. The summed E-state index contributed by atoms with van der Waals surface area (Å²) in [5, 5.41) is 7.96. The fraction of sp³-hybridized carbons (Fsp3) is 0.421. The van der Waals surface area contributed by atoms with Crippen molar-refractivity contribution in [2.24, 2.45) is 11.8 Å². The summed E-state index contributed by atoms with van der Waals surface area (Å²) in [5.74, 6) is 1.72. The number of thiazole rings is 1. The van der Waals surface area contributed by atoms with Crippen LogP contribution >= 0.6 is 11.3 Å². The SMILES string of the molecule is COc1ccc(-c2csc(NC(=O)CCNC(=O)[C@H]3C[C@@H]3C)n2)cc1OC. The van der Waals surface area contributed by atoms with Gasteiger partial charge in [0.2, 0.25) is 11.8 Å². The van der Waals surface area contributed by atoms with Crippen LogP contribution in [-0.2, 0) is 9.59 Å². The van der Waals surface area contributed by atoms with Gasteiger partial charge < -0.3 is 20.1 Å². The summed E-state index contributed by atoms with van der Waals surface area (Å²) in [7, 11) is 3.17. The van der Waals surface area contributed by atoms with Crippen molar-refractivity contribution in [1.82, 2.24) is 10.3 Å². The number of hydrogen-bond acceptors (Lipinski definition) is 6. The number of benzene rings is 1. The van der Waals surface area contributed by atoms with E-state index >= 15 is 0 Å². The molecule has 2 atom stereocenters. The molecule has 3 rings (SSSR count). The van der Waals surface area contributed by atoms with Crippen molar-refractivity contribution >= 4 is 28.3 Å². The first-order chi connectivity index (χ1) is 13.0. The van der Waals surface area contributed by atoms with Crippen molar-refractivity contribution in [3.05, 3.63) is 23.6 Å². The van der Waals surface area contributed by atoms with E-state index in [0.29, 0.717) is 29.1 Å². The number of amides is 2. The predicted molar refractivity (Wildman–Crippen MR) is 104 cm³/mol. The highest BCUT2D eigenvalue weighted by atomic mass is 32.1. The van der Waals surface area contributed by atoms with E-state index in [2.05, 4.69) is 22.5 Å². The van der Waals surface area contributed by atoms with E-state index < -0.39 is 0 Å². The zero-order valence-electron chi connectivity index (χ0n) is 15.6. The molecule has 1 aliphatic rings. The number of aromatic nitrogens is 1. The minimum Gasteiger partial charge on any atom is -0.493 e. The molecule has 1 heterocycles. The van der Waals surface area contributed by atoms with Crippen LogP contribution in [0.15, 0.2) is 23.6 Å². The van der Waals surface area contributed by atoms with Crippen molar-refractivity contribution in [2.45, 2.75) is 19.8 Å². The number of nitrogens with one attached hydrogen (secondary N) is 2. The highest BCUT2D eigenvalue weighted by Crippen LogP contribution is 2.37. The molecule has 0 unspecified atom stereocenters. The molecule has 27 heavy (non-hydrogen) atoms. The maximum Gasteiger partial charge on any atom is 0.227 e. The van der Waals surface area contributed by atoms with Gasteiger partial charge in [-0.25, -0.2) is 4.98 Å². The molecule has 1 aromatic heterocycles. The molecular formula is C19H23N3O4S. The molecule has 2 amide bonds. The quantitative estimate of drug-likeness (QED) is 0.725. The lowest BCUT2D eigenvalue weighted by Crippen LogP contribution is -2.29. The fourth-order valence-electron chi connectivity index (χ4n) is 2.76. The van der Waals surface area contributed by atoms with Crippen molar-refractivity contribution in [1.29, 1.82) is 0 Å². The molecule has 1 saturated carbocycles. The number of nitrogens with zero attached hydrogens (tertiary/aromatic N) is 1. The minimum atomic E-state index is -0.174. The zero-order valence-corrected chi connectivity index (χ0v) is 16.4. The fourth-order valence-corrected chi connectivity index (χ4v) is 3.49. The standard InChI is InChI=1S/C19H23N3O4S/c1-11-8-13(11)18(24)20-7-6-17(23)22-19-21-14(10-27-19)12-4-5-15(25-2)16(9-12)26-3/h4-5,9-11,13H,6-8H2,1-3H3,(H,20,24)(H,21,22,23)/t11-,13-/m0/s1. The number of methoxy groups -OCH3 is 2. The molecule has 0 radical (unpaired) electrons. The Morgan fingerprint density at radius 1 is 1.26 bits per heavy atom. The molecule has 8 heteroatoms. The molecule has 0 aliphatic heterocycles. The molecule has 2 aromatic rings. The van der Waals surface area contributed by atoms with Gasteiger partial charge in [-0.3, -0.25) is 9.59 Å². The van der Waals surface area contributed by atoms with Crippen molar-refractivity contribution in [2.75, 3.05) is 26.1 Å². The van der Waals surface area contributed by atoms with Gasteiger partial charge >= 0.3 is 0 Å². The normalized spacial score (nSPS) is 17.9. The van der Waals surface area contributed by atoms with Gasteiger partial charge in [0.25, 0.3) is 0 Å². The summed E-state index contributed by atoms with van der Waals surface area (Å²) in [6, 6.07) is 5.54. The van der Waals surface area contributed by atoms with E-state index in [-0.39, 0.29) is 24.2 Å². The molecule has 2 N–H and O–H groups in total. The summed E-state index contributed by atoms with van der Waals surface area (Å²) >= 11 is 1.35. The van der Waals surface area contributed by atoms with Crippen LogP contribution in [0, 0.1) is 11.8 Å². The van der Waals surface area contributed by atoms with Gasteiger partial charge in [-0.2, -0.15) is 0 Å². The Labute approximate surface area is 162 Å². The van der Waals surface area contributed by atoms with Crippen LogP contribution in [-0.4, -0.2) is 37.6 Å². The van der Waals surface area contributed by atoms with Crippen LogP contribution in [0.5, 0.6) is 11.5 Å². The van der Waals surface area contributed by atoms with E-state index in [1.165, 1.54) is 11.3 Å². The number of carbonyl (C=O) groups is 2. The molecule has 1 aromatic carbocycles. The van der Waals surface area contributed by atoms with Gasteiger partial charge in [-0.05, 0) is 30.5 Å². The summed E-state index contributed by atoms with van der Waals surface area (Å²) in [4.78, 5) is 28.2. The zero-order chi connectivity index (χ0) is 19.4. The van der Waals surface area contributed by atoms with Crippen LogP contribution in [0.2, 0.25) is 0 Å². The second kappa shape index (κ2) is 8.39. The average Bonchev–Trinajstić information content (AvgIpc) is 3.22. The Kier molecular flexibility index (Phi) is 5.95. The monoisotopic (exact) mass is 389 g/mol. The van der Waals surface area contributed by atoms with Crippen LogP contribution in [0.1, 0.15) is 19.8 Å². The van der Waals surface area contributed by atoms with Gasteiger partial charge in [0, 0.05) is 29.8 Å². The van der Waals surface area contributed by atoms with Crippen molar-refractivity contribution in [3.8, 4) is 22.8 Å². The average molecular weight is 389 g/mol. The summed E-state index contributed by atoms with van der Waals surface area (Å²) < 4.78 is 10.5. The molecule has 1 fully saturated rings. The predicted octanol–water partition coefficient (Wildman–Crippen LogP) is 2.93. The third-order valence-corrected chi connectivity index (χ3v) is 5.29. The van der Waals surface area contributed by atoms with E-state index in [1.54, 1.807) is 14.2 Å². The van der Waals surface area contributed by atoms with E-state index in [1.807, 2.05) is 23.6 Å². The summed E-state index contributed by atoms with van der Waals surface area (Å²) in [6.07, 6.45) is 1.16. The Bertz CT molecular complexity index is 836. The Balaban J connectivity index is 1.53. The lowest BCUT2D eigenvalue weighted by atomic mass is 10.1. The molecular weight excluding hydrogens is 366 g/mol. The molecule has 7 nitrogen and oxygen atoms in total. The first-order valence-electron chi connectivity index (χ1n) is 8.77. The summed E-state index contributed by atoms with van der Waals surface area (Å²) in [6.45, 7) is 2.39. The third-order valence-electron chi connectivity index (χ3n) is 4.53. The minimum absolute atomic E-state index is 0.0419. The van der Waals surface area contributed by atoms with E-state index in [4.69, 9.17) is 9.47 Å². The van der Waals surface area contributed by atoms with Gasteiger partial charge in [0.15, 0.2) is 16.6 Å². The maximum absolute atomic E-state index is 12.0. The van der Waals surface area contributed by atoms with Crippen molar-refractivity contribution in [3.63, 3.8) is 0 Å². The molecule has 0 spiro atoms. The molecule has 144 valence electrons. The second-order valence-corrected chi connectivity index (χ2v) is 7.37. The Hall–Kier alpha value is -2.61. The number of hydrogen-bond donors (Lipinski definition) is 2. The lowest BCUT2D eigenvalue weighted by molar-refractivity contribution is -0.122. The second-order valence-electron chi connectivity index (χ2n) is 6.52. The van der Waals surface area contributed by atoms with E-state index in [0.717, 1.165) is 17.7 Å². The third kappa shape index (κ3) is 4.77. The van der Waals surface area contributed by atoms with Gasteiger partial charge in [-0.1, -0.05) is 6.92 Å². The highest BCUT2D eigenvalue weighted by Gasteiger charge is 2.38. The lowest BCUT2D eigenvalue weighted by Gasteiger charge is -2.08. The van der Waals surface area contributed by atoms with Crippen LogP contribution in [0.25, 0.3) is 11.3 Å². The Morgan fingerprint density at radius 2 is 2.00 bits per heavy atom. The van der Waals surface area contributed by atoms with Crippen LogP contribution in [0.4, 0.5) is 5.13 Å². The smallest absolute Gasteiger partial charge is 0.227 e. The molecule has 0 bridgehead atoms. The van der Waals surface area contributed by atoms with Crippen LogP contribution < -0.4 is 20.1 Å². The number of anilines is 1. The topological polar surface area (TPSA) is 89.6 Å². The van der Waals surface area contributed by atoms with Crippen LogP contribution in [0.3, 0.4) is 0 Å².